The molecule has 1 aromatic heterocycles. The van der Waals surface area contributed by atoms with Gasteiger partial charge in [0.1, 0.15) is 0 Å². The third-order valence-electron chi connectivity index (χ3n) is 2.27. The Kier molecular flexibility index (Phi) is 6.61. The number of nitrogens with one attached hydrogen (secondary N) is 2. The highest BCUT2D eigenvalue weighted by molar-refractivity contribution is 7.09. The molecule has 0 aliphatic heterocycles. The third-order valence-corrected chi connectivity index (χ3v) is 3.29. The van der Waals surface area contributed by atoms with Gasteiger partial charge in [-0.25, -0.2) is 4.98 Å². The van der Waals surface area contributed by atoms with Gasteiger partial charge in [0.05, 0.1) is 5.01 Å². The van der Waals surface area contributed by atoms with Crippen LogP contribution >= 0.6 is 11.3 Å². The van der Waals surface area contributed by atoms with Crippen molar-refractivity contribution in [3.63, 3.8) is 0 Å². The van der Waals surface area contributed by atoms with Crippen molar-refractivity contribution in [3.05, 3.63) is 16.1 Å². The number of hydrogen-bond donors (Lipinski definition) is 2. The Bertz CT molecular complexity index is 284. The average Bonchev–Trinajstić information content (AvgIpc) is 2.62. The Morgan fingerprint density at radius 2 is 2.12 bits per heavy atom. The SMILES string of the molecule is Cc1csc(CCNCCCNC(C)C)n1. The van der Waals surface area contributed by atoms with Gasteiger partial charge in [-0.3, -0.25) is 0 Å². The van der Waals surface area contributed by atoms with Crippen molar-refractivity contribution in [2.45, 2.75) is 39.7 Å². The van der Waals surface area contributed by atoms with Crippen LogP contribution in [-0.2, 0) is 6.42 Å². The molecule has 0 saturated heterocycles. The highest BCUT2D eigenvalue weighted by Gasteiger charge is 1.97. The summed E-state index contributed by atoms with van der Waals surface area (Å²) in [7, 11) is 0. The fourth-order valence-electron chi connectivity index (χ4n) is 1.44. The molecular formula is C12H23N3S. The molecule has 3 nitrogen and oxygen atoms in total. The fourth-order valence-corrected chi connectivity index (χ4v) is 2.22. The lowest BCUT2D eigenvalue weighted by molar-refractivity contribution is 0.548. The minimum atomic E-state index is 0.596. The molecule has 92 valence electrons. The summed E-state index contributed by atoms with van der Waals surface area (Å²) in [6, 6.07) is 0.596. The minimum absolute atomic E-state index is 0.596. The van der Waals surface area contributed by atoms with E-state index in [1.165, 1.54) is 11.4 Å². The van der Waals surface area contributed by atoms with Crippen LogP contribution in [-0.4, -0.2) is 30.7 Å². The summed E-state index contributed by atoms with van der Waals surface area (Å²) in [4.78, 5) is 4.43. The molecule has 1 heterocycles. The number of rotatable bonds is 8. The number of thiazole rings is 1. The van der Waals surface area contributed by atoms with E-state index < -0.39 is 0 Å². The number of nitrogens with zero attached hydrogens (tertiary/aromatic N) is 1. The van der Waals surface area contributed by atoms with Crippen LogP contribution in [0.4, 0.5) is 0 Å². The monoisotopic (exact) mass is 241 g/mol. The smallest absolute Gasteiger partial charge is 0.0940 e. The van der Waals surface area contributed by atoms with Gasteiger partial charge in [0.25, 0.3) is 0 Å². The molecule has 16 heavy (non-hydrogen) atoms. The maximum Gasteiger partial charge on any atom is 0.0940 e. The molecule has 0 spiro atoms. The summed E-state index contributed by atoms with van der Waals surface area (Å²) in [6.07, 6.45) is 2.24. The van der Waals surface area contributed by atoms with Gasteiger partial charge in [0.2, 0.25) is 0 Å². The standard InChI is InChI=1S/C12H23N3S/c1-10(2)14-7-4-6-13-8-5-12-15-11(3)9-16-12/h9-10,13-14H,4-8H2,1-3H3. The van der Waals surface area contributed by atoms with E-state index in [1.54, 1.807) is 11.3 Å². The zero-order chi connectivity index (χ0) is 11.8. The van der Waals surface area contributed by atoms with Crippen molar-refractivity contribution in [1.82, 2.24) is 15.6 Å². The molecule has 0 aromatic carbocycles. The first-order valence-corrected chi connectivity index (χ1v) is 6.91. The van der Waals surface area contributed by atoms with Crippen molar-refractivity contribution in [2.24, 2.45) is 0 Å². The van der Waals surface area contributed by atoms with Crippen molar-refractivity contribution in [3.8, 4) is 0 Å². The predicted molar refractivity (Wildman–Crippen MR) is 71.2 cm³/mol. The topological polar surface area (TPSA) is 37.0 Å². The number of aromatic nitrogens is 1. The summed E-state index contributed by atoms with van der Waals surface area (Å²) in [5.74, 6) is 0. The molecular weight excluding hydrogens is 218 g/mol. The zero-order valence-corrected chi connectivity index (χ0v) is 11.4. The van der Waals surface area contributed by atoms with Gasteiger partial charge < -0.3 is 10.6 Å². The highest BCUT2D eigenvalue weighted by Crippen LogP contribution is 2.08. The maximum absolute atomic E-state index is 4.43. The molecule has 0 unspecified atom stereocenters. The Hall–Kier alpha value is -0.450. The van der Waals surface area contributed by atoms with Crippen LogP contribution in [0.15, 0.2) is 5.38 Å². The lowest BCUT2D eigenvalue weighted by Crippen LogP contribution is -2.27. The summed E-state index contributed by atoms with van der Waals surface area (Å²) in [5, 5.41) is 10.2. The summed E-state index contributed by atoms with van der Waals surface area (Å²) < 4.78 is 0. The first-order valence-electron chi connectivity index (χ1n) is 6.03. The Morgan fingerprint density at radius 1 is 1.31 bits per heavy atom. The lowest BCUT2D eigenvalue weighted by atomic mass is 10.3. The van der Waals surface area contributed by atoms with Crippen LogP contribution in [0.5, 0.6) is 0 Å². The van der Waals surface area contributed by atoms with E-state index >= 15 is 0 Å². The number of hydrogen-bond acceptors (Lipinski definition) is 4. The van der Waals surface area contributed by atoms with Gasteiger partial charge in [0, 0.05) is 30.1 Å². The Labute approximate surface area is 103 Å². The molecule has 0 aliphatic rings. The van der Waals surface area contributed by atoms with Gasteiger partial charge in [-0.05, 0) is 26.4 Å². The average molecular weight is 241 g/mol. The van der Waals surface area contributed by atoms with E-state index in [9.17, 15) is 0 Å². The Balaban J connectivity index is 1.92. The van der Waals surface area contributed by atoms with Gasteiger partial charge in [-0.2, -0.15) is 0 Å². The van der Waals surface area contributed by atoms with E-state index in [0.717, 1.165) is 31.7 Å². The molecule has 0 aliphatic carbocycles. The van der Waals surface area contributed by atoms with Crippen LogP contribution in [0, 0.1) is 6.92 Å². The van der Waals surface area contributed by atoms with E-state index in [2.05, 4.69) is 34.8 Å². The second-order valence-corrected chi connectivity index (χ2v) is 5.29. The van der Waals surface area contributed by atoms with E-state index in [1.807, 2.05) is 6.92 Å². The van der Waals surface area contributed by atoms with Crippen LogP contribution in [0.25, 0.3) is 0 Å². The normalized spacial score (nSPS) is 11.2. The van der Waals surface area contributed by atoms with Crippen LogP contribution in [0.2, 0.25) is 0 Å². The summed E-state index contributed by atoms with van der Waals surface area (Å²) in [6.45, 7) is 9.63. The van der Waals surface area contributed by atoms with Crippen molar-refractivity contribution in [2.75, 3.05) is 19.6 Å². The molecule has 1 aromatic rings. The second-order valence-electron chi connectivity index (χ2n) is 4.35. The second kappa shape index (κ2) is 7.76. The molecule has 0 bridgehead atoms. The molecule has 4 heteroatoms. The molecule has 0 radical (unpaired) electrons. The molecule has 0 amide bonds. The summed E-state index contributed by atoms with van der Waals surface area (Å²) >= 11 is 1.76. The molecule has 0 saturated carbocycles. The molecule has 0 atom stereocenters. The highest BCUT2D eigenvalue weighted by atomic mass is 32.1. The van der Waals surface area contributed by atoms with Gasteiger partial charge in [-0.1, -0.05) is 13.8 Å². The van der Waals surface area contributed by atoms with Crippen LogP contribution in [0.3, 0.4) is 0 Å². The quantitative estimate of drug-likeness (QED) is 0.683. The van der Waals surface area contributed by atoms with E-state index in [-0.39, 0.29) is 0 Å². The van der Waals surface area contributed by atoms with Crippen molar-refractivity contribution in [1.29, 1.82) is 0 Å². The van der Waals surface area contributed by atoms with Gasteiger partial charge in [-0.15, -0.1) is 11.3 Å². The van der Waals surface area contributed by atoms with E-state index in [4.69, 9.17) is 0 Å². The lowest BCUT2D eigenvalue weighted by Gasteiger charge is -2.08. The zero-order valence-electron chi connectivity index (χ0n) is 10.5. The largest absolute Gasteiger partial charge is 0.316 e. The summed E-state index contributed by atoms with van der Waals surface area (Å²) in [5.41, 5.74) is 1.14. The molecule has 1 rings (SSSR count). The first-order chi connectivity index (χ1) is 7.68. The van der Waals surface area contributed by atoms with Crippen LogP contribution < -0.4 is 10.6 Å². The Morgan fingerprint density at radius 3 is 2.75 bits per heavy atom. The molecule has 2 N–H and O–H groups in total. The van der Waals surface area contributed by atoms with Crippen molar-refractivity contribution < 1.29 is 0 Å². The van der Waals surface area contributed by atoms with Gasteiger partial charge >= 0.3 is 0 Å². The third kappa shape index (κ3) is 6.20. The van der Waals surface area contributed by atoms with Crippen LogP contribution in [0.1, 0.15) is 31.0 Å². The van der Waals surface area contributed by atoms with Gasteiger partial charge in [0.15, 0.2) is 0 Å². The fraction of sp³-hybridized carbons (Fsp3) is 0.750. The first kappa shape index (κ1) is 13.6. The predicted octanol–water partition coefficient (Wildman–Crippen LogP) is 1.97. The van der Waals surface area contributed by atoms with Crippen molar-refractivity contribution >= 4 is 11.3 Å². The number of aryl methyl sites for hydroxylation is 1. The maximum atomic E-state index is 4.43. The van der Waals surface area contributed by atoms with E-state index in [0.29, 0.717) is 6.04 Å². The minimum Gasteiger partial charge on any atom is -0.316 e. The molecule has 0 fully saturated rings.